The highest BCUT2D eigenvalue weighted by Crippen LogP contribution is 2.28. The Labute approximate surface area is 117 Å². The van der Waals surface area contributed by atoms with E-state index in [0.29, 0.717) is 18.3 Å². The lowest BCUT2D eigenvalue weighted by atomic mass is 9.98. The fraction of sp³-hybridized carbons (Fsp3) is 0.400. The Morgan fingerprint density at radius 1 is 1.35 bits per heavy atom. The minimum absolute atomic E-state index is 0.152. The molecule has 1 aliphatic rings. The highest BCUT2D eigenvalue weighted by molar-refractivity contribution is 5.57. The number of aromatic nitrogens is 2. The van der Waals surface area contributed by atoms with Gasteiger partial charge in [0.2, 0.25) is 18.2 Å². The second kappa shape index (κ2) is 5.45. The Kier molecular flexibility index (Phi) is 3.50. The quantitative estimate of drug-likeness (QED) is 0.804. The van der Waals surface area contributed by atoms with E-state index in [4.69, 9.17) is 4.42 Å². The molecule has 0 saturated carbocycles. The first kappa shape index (κ1) is 12.8. The first-order valence-corrected chi connectivity index (χ1v) is 6.86. The molecule has 0 bridgehead atoms. The SMILES string of the molecule is Cc1ccccc1-c1nnc(C2CCCN(C=O)C2)o1. The number of hydrogen-bond acceptors (Lipinski definition) is 4. The largest absolute Gasteiger partial charge is 0.420 e. The van der Waals surface area contributed by atoms with Crippen molar-refractivity contribution in [3.8, 4) is 11.5 Å². The summed E-state index contributed by atoms with van der Waals surface area (Å²) in [5, 5.41) is 8.32. The van der Waals surface area contributed by atoms with Crippen LogP contribution < -0.4 is 0 Å². The summed E-state index contributed by atoms with van der Waals surface area (Å²) in [5.74, 6) is 1.34. The third-order valence-corrected chi connectivity index (χ3v) is 3.77. The second-order valence-corrected chi connectivity index (χ2v) is 5.20. The van der Waals surface area contributed by atoms with Crippen LogP contribution in [0.3, 0.4) is 0 Å². The lowest BCUT2D eigenvalue weighted by molar-refractivity contribution is -0.119. The normalized spacial score (nSPS) is 19.1. The van der Waals surface area contributed by atoms with Crippen LogP contribution in [0.1, 0.15) is 30.2 Å². The summed E-state index contributed by atoms with van der Waals surface area (Å²) in [6, 6.07) is 7.94. The third-order valence-electron chi connectivity index (χ3n) is 3.77. The molecular weight excluding hydrogens is 254 g/mol. The molecule has 0 N–H and O–H groups in total. The smallest absolute Gasteiger partial charge is 0.248 e. The maximum absolute atomic E-state index is 10.9. The Morgan fingerprint density at radius 2 is 2.20 bits per heavy atom. The van der Waals surface area contributed by atoms with Crippen LogP contribution in [0, 0.1) is 6.92 Å². The molecule has 1 unspecified atom stereocenters. The standard InChI is InChI=1S/C15H17N3O2/c1-11-5-2-3-7-13(11)15-17-16-14(20-15)12-6-4-8-18(9-12)10-19/h2-3,5,7,10,12H,4,6,8-9H2,1H3. The number of rotatable bonds is 3. The topological polar surface area (TPSA) is 59.2 Å². The number of hydrogen-bond donors (Lipinski definition) is 0. The van der Waals surface area contributed by atoms with Gasteiger partial charge in [-0.15, -0.1) is 10.2 Å². The van der Waals surface area contributed by atoms with Crippen molar-refractivity contribution >= 4 is 6.41 Å². The van der Waals surface area contributed by atoms with E-state index >= 15 is 0 Å². The van der Waals surface area contributed by atoms with Crippen molar-refractivity contribution in [2.24, 2.45) is 0 Å². The lowest BCUT2D eigenvalue weighted by Gasteiger charge is -2.27. The summed E-state index contributed by atoms with van der Waals surface area (Å²) in [6.07, 6.45) is 2.86. The van der Waals surface area contributed by atoms with Gasteiger partial charge in [-0.1, -0.05) is 18.2 Å². The summed E-state index contributed by atoms with van der Waals surface area (Å²) in [6.45, 7) is 3.51. The Morgan fingerprint density at radius 3 is 3.00 bits per heavy atom. The molecular formula is C15H17N3O2. The predicted octanol–water partition coefficient (Wildman–Crippen LogP) is 2.38. The number of piperidine rings is 1. The van der Waals surface area contributed by atoms with E-state index in [2.05, 4.69) is 10.2 Å². The van der Waals surface area contributed by atoms with E-state index in [9.17, 15) is 4.79 Å². The van der Waals surface area contributed by atoms with Gasteiger partial charge in [0.1, 0.15) is 0 Å². The molecule has 0 radical (unpaired) electrons. The van der Waals surface area contributed by atoms with Crippen LogP contribution in [-0.2, 0) is 4.79 Å². The zero-order chi connectivity index (χ0) is 13.9. The lowest BCUT2D eigenvalue weighted by Crippen LogP contribution is -2.33. The molecule has 0 aliphatic carbocycles. The highest BCUT2D eigenvalue weighted by Gasteiger charge is 2.25. The first-order chi connectivity index (χ1) is 9.78. The molecule has 1 aromatic heterocycles. The molecule has 1 amide bonds. The molecule has 5 nitrogen and oxygen atoms in total. The van der Waals surface area contributed by atoms with Crippen molar-refractivity contribution in [1.82, 2.24) is 15.1 Å². The Balaban J connectivity index is 1.83. The summed E-state index contributed by atoms with van der Waals surface area (Å²) >= 11 is 0. The molecule has 0 spiro atoms. The van der Waals surface area contributed by atoms with Crippen LogP contribution in [0.25, 0.3) is 11.5 Å². The van der Waals surface area contributed by atoms with E-state index in [1.165, 1.54) is 0 Å². The maximum atomic E-state index is 10.9. The molecule has 1 saturated heterocycles. The van der Waals surface area contributed by atoms with E-state index < -0.39 is 0 Å². The average Bonchev–Trinajstić information content (AvgIpc) is 2.97. The zero-order valence-electron chi connectivity index (χ0n) is 11.5. The van der Waals surface area contributed by atoms with Crippen molar-refractivity contribution in [2.45, 2.75) is 25.7 Å². The maximum Gasteiger partial charge on any atom is 0.248 e. The predicted molar refractivity (Wildman–Crippen MR) is 74.1 cm³/mol. The number of amides is 1. The van der Waals surface area contributed by atoms with Gasteiger partial charge >= 0.3 is 0 Å². The molecule has 1 fully saturated rings. The molecule has 1 aromatic carbocycles. The molecule has 20 heavy (non-hydrogen) atoms. The van der Waals surface area contributed by atoms with Gasteiger partial charge in [0.25, 0.3) is 0 Å². The van der Waals surface area contributed by atoms with E-state index in [0.717, 1.165) is 36.9 Å². The second-order valence-electron chi connectivity index (χ2n) is 5.20. The first-order valence-electron chi connectivity index (χ1n) is 6.86. The molecule has 3 rings (SSSR count). The highest BCUT2D eigenvalue weighted by atomic mass is 16.4. The number of aryl methyl sites for hydroxylation is 1. The Hall–Kier alpha value is -2.17. The van der Waals surface area contributed by atoms with E-state index in [-0.39, 0.29) is 5.92 Å². The van der Waals surface area contributed by atoms with E-state index in [1.54, 1.807) is 4.90 Å². The molecule has 5 heteroatoms. The van der Waals surface area contributed by atoms with Crippen LogP contribution in [0.15, 0.2) is 28.7 Å². The van der Waals surface area contributed by atoms with Gasteiger partial charge in [0.05, 0.1) is 5.92 Å². The molecule has 2 aromatic rings. The van der Waals surface area contributed by atoms with Crippen molar-refractivity contribution in [1.29, 1.82) is 0 Å². The van der Waals surface area contributed by atoms with Crippen LogP contribution >= 0.6 is 0 Å². The molecule has 2 heterocycles. The van der Waals surface area contributed by atoms with Crippen molar-refractivity contribution < 1.29 is 9.21 Å². The van der Waals surface area contributed by atoms with Crippen LogP contribution in [0.2, 0.25) is 0 Å². The van der Waals surface area contributed by atoms with Crippen LogP contribution in [0.4, 0.5) is 0 Å². The van der Waals surface area contributed by atoms with Crippen LogP contribution in [0.5, 0.6) is 0 Å². The molecule has 104 valence electrons. The number of nitrogens with zero attached hydrogens (tertiary/aromatic N) is 3. The summed E-state index contributed by atoms with van der Waals surface area (Å²) < 4.78 is 5.82. The fourth-order valence-electron chi connectivity index (χ4n) is 2.62. The number of likely N-dealkylation sites (tertiary alicyclic amines) is 1. The van der Waals surface area contributed by atoms with Crippen LogP contribution in [-0.4, -0.2) is 34.6 Å². The Bertz CT molecular complexity index is 609. The van der Waals surface area contributed by atoms with Gasteiger partial charge < -0.3 is 9.32 Å². The fourth-order valence-corrected chi connectivity index (χ4v) is 2.62. The number of benzene rings is 1. The summed E-state index contributed by atoms with van der Waals surface area (Å²) in [4.78, 5) is 12.6. The summed E-state index contributed by atoms with van der Waals surface area (Å²) in [7, 11) is 0. The van der Waals surface area contributed by atoms with Gasteiger partial charge in [-0.3, -0.25) is 4.79 Å². The average molecular weight is 271 g/mol. The van der Waals surface area contributed by atoms with Gasteiger partial charge in [-0.2, -0.15) is 0 Å². The van der Waals surface area contributed by atoms with Crippen molar-refractivity contribution in [3.63, 3.8) is 0 Å². The number of carbonyl (C=O) groups is 1. The van der Waals surface area contributed by atoms with Gasteiger partial charge in [-0.05, 0) is 31.4 Å². The van der Waals surface area contributed by atoms with Gasteiger partial charge in [-0.25, -0.2) is 0 Å². The summed E-state index contributed by atoms with van der Waals surface area (Å²) in [5.41, 5.74) is 2.08. The third kappa shape index (κ3) is 2.43. The zero-order valence-corrected chi connectivity index (χ0v) is 11.5. The minimum atomic E-state index is 0.152. The minimum Gasteiger partial charge on any atom is -0.420 e. The monoisotopic (exact) mass is 271 g/mol. The van der Waals surface area contributed by atoms with Gasteiger partial charge in [0.15, 0.2) is 0 Å². The molecule has 1 aliphatic heterocycles. The van der Waals surface area contributed by atoms with Crippen molar-refractivity contribution in [3.05, 3.63) is 35.7 Å². The van der Waals surface area contributed by atoms with Crippen molar-refractivity contribution in [2.75, 3.05) is 13.1 Å². The number of carbonyl (C=O) groups excluding carboxylic acids is 1. The van der Waals surface area contributed by atoms with Gasteiger partial charge in [0, 0.05) is 18.7 Å². The van der Waals surface area contributed by atoms with E-state index in [1.807, 2.05) is 31.2 Å². The molecule has 1 atom stereocenters.